The van der Waals surface area contributed by atoms with E-state index in [9.17, 15) is 0 Å². The SMILES string of the molecule is CC(C)n1cnnc1CNc1nc(-c2cccs2)nc2ccccc12. The standard InChI is InChI=1S/C18H18N6S/c1-12(2)24-11-20-23-16(24)10-19-17-13-6-3-4-7-14(13)21-18(22-17)15-8-5-9-25-15/h3-9,11-12H,10H2,1-2H3,(H,19,21,22). The number of para-hydroxylation sites is 1. The molecule has 3 heterocycles. The Morgan fingerprint density at radius 2 is 2.00 bits per heavy atom. The summed E-state index contributed by atoms with van der Waals surface area (Å²) in [4.78, 5) is 10.5. The number of fused-ring (bicyclic) bond motifs is 1. The number of hydrogen-bond acceptors (Lipinski definition) is 6. The zero-order valence-electron chi connectivity index (χ0n) is 14.0. The van der Waals surface area contributed by atoms with E-state index in [2.05, 4.69) is 33.9 Å². The van der Waals surface area contributed by atoms with E-state index >= 15 is 0 Å². The Labute approximate surface area is 149 Å². The van der Waals surface area contributed by atoms with Gasteiger partial charge in [-0.25, -0.2) is 9.97 Å². The van der Waals surface area contributed by atoms with E-state index in [0.717, 1.165) is 33.2 Å². The fourth-order valence-electron chi connectivity index (χ4n) is 2.71. The zero-order chi connectivity index (χ0) is 17.2. The van der Waals surface area contributed by atoms with Gasteiger partial charge in [0.1, 0.15) is 12.1 Å². The quantitative estimate of drug-likeness (QED) is 0.586. The molecule has 0 spiro atoms. The van der Waals surface area contributed by atoms with Crippen LogP contribution in [0, 0.1) is 0 Å². The van der Waals surface area contributed by atoms with Gasteiger partial charge in [0.15, 0.2) is 11.6 Å². The van der Waals surface area contributed by atoms with E-state index in [1.165, 1.54) is 0 Å². The Morgan fingerprint density at radius 3 is 2.80 bits per heavy atom. The molecule has 4 rings (SSSR count). The molecule has 0 amide bonds. The summed E-state index contributed by atoms with van der Waals surface area (Å²) in [5.74, 6) is 2.43. The molecule has 0 aliphatic carbocycles. The van der Waals surface area contributed by atoms with E-state index in [-0.39, 0.29) is 0 Å². The van der Waals surface area contributed by atoms with Gasteiger partial charge in [-0.15, -0.1) is 21.5 Å². The lowest BCUT2D eigenvalue weighted by molar-refractivity contribution is 0.572. The third-order valence-electron chi connectivity index (χ3n) is 3.96. The van der Waals surface area contributed by atoms with Gasteiger partial charge >= 0.3 is 0 Å². The summed E-state index contributed by atoms with van der Waals surface area (Å²) in [5, 5.41) is 14.7. The number of nitrogens with one attached hydrogen (secondary N) is 1. The minimum absolute atomic E-state index is 0.315. The van der Waals surface area contributed by atoms with Crippen LogP contribution in [-0.2, 0) is 6.54 Å². The Bertz CT molecular complexity index is 990. The summed E-state index contributed by atoms with van der Waals surface area (Å²) in [6, 6.07) is 12.4. The molecule has 0 saturated carbocycles. The molecule has 1 N–H and O–H groups in total. The molecular formula is C18H18N6S. The van der Waals surface area contributed by atoms with Crippen LogP contribution in [0.3, 0.4) is 0 Å². The highest BCUT2D eigenvalue weighted by Crippen LogP contribution is 2.27. The number of thiophene rings is 1. The highest BCUT2D eigenvalue weighted by Gasteiger charge is 2.12. The van der Waals surface area contributed by atoms with Crippen LogP contribution in [-0.4, -0.2) is 24.7 Å². The van der Waals surface area contributed by atoms with Gasteiger partial charge in [-0.3, -0.25) is 0 Å². The summed E-state index contributed by atoms with van der Waals surface area (Å²) < 4.78 is 2.05. The first-order valence-corrected chi connectivity index (χ1v) is 9.03. The van der Waals surface area contributed by atoms with Crippen LogP contribution >= 0.6 is 11.3 Å². The summed E-state index contributed by atoms with van der Waals surface area (Å²) >= 11 is 1.64. The van der Waals surface area contributed by atoms with Crippen molar-refractivity contribution in [3.05, 3.63) is 53.9 Å². The van der Waals surface area contributed by atoms with Crippen molar-refractivity contribution >= 4 is 28.1 Å². The largest absolute Gasteiger partial charge is 0.362 e. The van der Waals surface area contributed by atoms with Gasteiger partial charge in [-0.05, 0) is 37.4 Å². The number of nitrogens with zero attached hydrogens (tertiary/aromatic N) is 5. The van der Waals surface area contributed by atoms with Gasteiger partial charge in [0, 0.05) is 11.4 Å². The average Bonchev–Trinajstić information content (AvgIpc) is 3.31. The van der Waals surface area contributed by atoms with Crippen molar-refractivity contribution in [1.82, 2.24) is 24.7 Å². The molecular weight excluding hydrogens is 332 g/mol. The van der Waals surface area contributed by atoms with E-state index < -0.39 is 0 Å². The molecule has 126 valence electrons. The maximum absolute atomic E-state index is 4.75. The van der Waals surface area contributed by atoms with Gasteiger partial charge in [0.05, 0.1) is 16.9 Å². The number of benzene rings is 1. The molecule has 0 unspecified atom stereocenters. The molecule has 0 aliphatic heterocycles. The molecule has 1 aromatic carbocycles. The highest BCUT2D eigenvalue weighted by atomic mass is 32.1. The molecule has 0 radical (unpaired) electrons. The molecule has 25 heavy (non-hydrogen) atoms. The van der Waals surface area contributed by atoms with Gasteiger partial charge in [0.2, 0.25) is 0 Å². The molecule has 0 fully saturated rings. The maximum atomic E-state index is 4.75. The van der Waals surface area contributed by atoms with Crippen molar-refractivity contribution in [1.29, 1.82) is 0 Å². The van der Waals surface area contributed by atoms with Gasteiger partial charge < -0.3 is 9.88 Å². The Hall–Kier alpha value is -2.80. The lowest BCUT2D eigenvalue weighted by Gasteiger charge is -2.12. The summed E-state index contributed by atoms with van der Waals surface area (Å²) in [6.45, 7) is 4.78. The van der Waals surface area contributed by atoms with Gasteiger partial charge in [0.25, 0.3) is 0 Å². The van der Waals surface area contributed by atoms with Crippen LogP contribution < -0.4 is 5.32 Å². The summed E-state index contributed by atoms with van der Waals surface area (Å²) in [5.41, 5.74) is 0.925. The molecule has 0 saturated heterocycles. The van der Waals surface area contributed by atoms with Crippen molar-refractivity contribution in [2.24, 2.45) is 0 Å². The Morgan fingerprint density at radius 1 is 1.12 bits per heavy atom. The summed E-state index contributed by atoms with van der Waals surface area (Å²) in [7, 11) is 0. The first-order valence-electron chi connectivity index (χ1n) is 8.15. The predicted molar refractivity (Wildman–Crippen MR) is 101 cm³/mol. The maximum Gasteiger partial charge on any atom is 0.172 e. The van der Waals surface area contributed by atoms with Crippen LogP contribution in [0.4, 0.5) is 5.82 Å². The Kier molecular flexibility index (Phi) is 4.15. The predicted octanol–water partition coefficient (Wildman–Crippen LogP) is 4.14. The fourth-order valence-corrected chi connectivity index (χ4v) is 3.37. The zero-order valence-corrected chi connectivity index (χ0v) is 14.9. The smallest absolute Gasteiger partial charge is 0.172 e. The number of aromatic nitrogens is 5. The second-order valence-electron chi connectivity index (χ2n) is 5.99. The van der Waals surface area contributed by atoms with Crippen molar-refractivity contribution in [2.45, 2.75) is 26.4 Å². The molecule has 3 aromatic heterocycles. The van der Waals surface area contributed by atoms with E-state index in [4.69, 9.17) is 9.97 Å². The second kappa shape index (κ2) is 6.60. The second-order valence-corrected chi connectivity index (χ2v) is 6.94. The normalized spacial score (nSPS) is 11.3. The van der Waals surface area contributed by atoms with Crippen LogP contribution in [0.5, 0.6) is 0 Å². The van der Waals surface area contributed by atoms with Crippen molar-refractivity contribution in [3.8, 4) is 10.7 Å². The van der Waals surface area contributed by atoms with Crippen molar-refractivity contribution < 1.29 is 0 Å². The van der Waals surface area contributed by atoms with Crippen molar-refractivity contribution in [2.75, 3.05) is 5.32 Å². The summed E-state index contributed by atoms with van der Waals surface area (Å²) in [6.07, 6.45) is 1.76. The van der Waals surface area contributed by atoms with Crippen molar-refractivity contribution in [3.63, 3.8) is 0 Å². The number of rotatable bonds is 5. The molecule has 0 aliphatic rings. The van der Waals surface area contributed by atoms with Gasteiger partial charge in [-0.1, -0.05) is 18.2 Å². The first-order chi connectivity index (χ1) is 12.2. The number of hydrogen-bond donors (Lipinski definition) is 1. The van der Waals surface area contributed by atoms with Crippen LogP contribution in [0.1, 0.15) is 25.7 Å². The first kappa shape index (κ1) is 15.7. The van der Waals surface area contributed by atoms with E-state index in [0.29, 0.717) is 12.6 Å². The van der Waals surface area contributed by atoms with Gasteiger partial charge in [-0.2, -0.15) is 0 Å². The highest BCUT2D eigenvalue weighted by molar-refractivity contribution is 7.13. The minimum atomic E-state index is 0.315. The Balaban J connectivity index is 1.71. The lowest BCUT2D eigenvalue weighted by Crippen LogP contribution is -2.11. The average molecular weight is 350 g/mol. The van der Waals surface area contributed by atoms with Crippen LogP contribution in [0.25, 0.3) is 21.6 Å². The lowest BCUT2D eigenvalue weighted by atomic mass is 10.2. The van der Waals surface area contributed by atoms with E-state index in [1.807, 2.05) is 41.8 Å². The van der Waals surface area contributed by atoms with E-state index in [1.54, 1.807) is 17.7 Å². The molecule has 0 atom stereocenters. The fraction of sp³-hybridized carbons (Fsp3) is 0.222. The molecule has 0 bridgehead atoms. The third-order valence-corrected chi connectivity index (χ3v) is 4.83. The third kappa shape index (κ3) is 3.10. The molecule has 7 heteroatoms. The molecule has 4 aromatic rings. The monoisotopic (exact) mass is 350 g/mol. The molecule has 6 nitrogen and oxygen atoms in total. The van der Waals surface area contributed by atoms with Crippen LogP contribution in [0.15, 0.2) is 48.1 Å². The minimum Gasteiger partial charge on any atom is -0.362 e. The number of anilines is 1. The topological polar surface area (TPSA) is 68.5 Å². The van der Waals surface area contributed by atoms with Crippen LogP contribution in [0.2, 0.25) is 0 Å².